The van der Waals surface area contributed by atoms with Crippen LogP contribution in [0.3, 0.4) is 0 Å². The van der Waals surface area contributed by atoms with Crippen LogP contribution in [0.25, 0.3) is 11.3 Å². The monoisotopic (exact) mass is 568 g/mol. The number of benzene rings is 2. The van der Waals surface area contributed by atoms with E-state index in [-0.39, 0.29) is 17.9 Å². The third-order valence-corrected chi connectivity index (χ3v) is 8.40. The number of halogens is 3. The predicted octanol–water partition coefficient (Wildman–Crippen LogP) is 8.13. The van der Waals surface area contributed by atoms with Crippen molar-refractivity contribution in [3.05, 3.63) is 92.4 Å². The second-order valence-corrected chi connectivity index (χ2v) is 11.2. The van der Waals surface area contributed by atoms with Crippen molar-refractivity contribution in [1.82, 2.24) is 10.1 Å². The molecule has 38 heavy (non-hydrogen) atoms. The Morgan fingerprint density at radius 1 is 1.05 bits per heavy atom. The van der Waals surface area contributed by atoms with E-state index >= 15 is 0 Å². The maximum Gasteiger partial charge on any atom is 0.298 e. The molecule has 0 radical (unpaired) electrons. The van der Waals surface area contributed by atoms with E-state index < -0.39 is 0 Å². The van der Waals surface area contributed by atoms with E-state index in [4.69, 9.17) is 48.8 Å². The summed E-state index contributed by atoms with van der Waals surface area (Å²) < 4.78 is 16.9. The van der Waals surface area contributed by atoms with Crippen LogP contribution in [0, 0.1) is 0 Å². The van der Waals surface area contributed by atoms with Crippen LogP contribution in [0.5, 0.6) is 11.5 Å². The Labute approximate surface area is 234 Å². The first-order valence-electron chi connectivity index (χ1n) is 12.3. The molecular weight excluding hydrogens is 547 g/mol. The lowest BCUT2D eigenvalue weighted by Gasteiger charge is -2.15. The minimum absolute atomic E-state index is 0.0894. The standard InChI is InChI=1S/C29H23Cl3N2O4/c1-29(17-3-2-4-18(9-17)37-15-35)11-22(29)20-8-7-19(10-23(20)30)36-14-21-27(34-38-28(21)16-5-6-16)26-24(31)12-33-13-25(26)32/h2-4,7-10,12-13,15-16,22H,5-6,11,14H2,1H3. The van der Waals surface area contributed by atoms with Crippen molar-refractivity contribution in [1.29, 1.82) is 0 Å². The molecule has 2 atom stereocenters. The molecule has 194 valence electrons. The Morgan fingerprint density at radius 3 is 2.55 bits per heavy atom. The van der Waals surface area contributed by atoms with E-state index in [0.29, 0.717) is 50.2 Å². The van der Waals surface area contributed by atoms with Gasteiger partial charge in [-0.1, -0.05) is 65.1 Å². The first-order chi connectivity index (χ1) is 18.4. The Bertz CT molecular complexity index is 1510. The second kappa shape index (κ2) is 9.92. The Balaban J connectivity index is 1.22. The highest BCUT2D eigenvalue weighted by atomic mass is 35.5. The Hall–Kier alpha value is -3.06. The van der Waals surface area contributed by atoms with Gasteiger partial charge in [-0.2, -0.15) is 0 Å². The fourth-order valence-electron chi connectivity index (χ4n) is 5.11. The lowest BCUT2D eigenvalue weighted by molar-refractivity contribution is -0.120. The number of pyridine rings is 1. The first kappa shape index (κ1) is 25.2. The molecule has 2 saturated carbocycles. The summed E-state index contributed by atoms with van der Waals surface area (Å²) in [5.41, 5.74) is 4.06. The zero-order valence-corrected chi connectivity index (χ0v) is 22.7. The Kier molecular flexibility index (Phi) is 6.58. The van der Waals surface area contributed by atoms with Crippen LogP contribution in [0.2, 0.25) is 15.1 Å². The summed E-state index contributed by atoms with van der Waals surface area (Å²) >= 11 is 19.6. The van der Waals surface area contributed by atoms with E-state index in [2.05, 4.69) is 23.1 Å². The van der Waals surface area contributed by atoms with Crippen LogP contribution in [-0.4, -0.2) is 16.6 Å². The fraction of sp³-hybridized carbons (Fsp3) is 0.276. The zero-order chi connectivity index (χ0) is 26.4. The molecule has 6 rings (SSSR count). The summed E-state index contributed by atoms with van der Waals surface area (Å²) in [6.45, 7) is 2.87. The summed E-state index contributed by atoms with van der Waals surface area (Å²) in [6.07, 6.45) is 6.11. The van der Waals surface area contributed by atoms with Gasteiger partial charge in [0.1, 0.15) is 29.6 Å². The lowest BCUT2D eigenvalue weighted by atomic mass is 9.92. The SMILES string of the molecule is CC1(c2cccc(OC=O)c2)CC1c1ccc(OCc2c(-c3c(Cl)cncc3Cl)noc2C2CC2)cc1Cl. The number of rotatable bonds is 9. The van der Waals surface area contributed by atoms with Crippen molar-refractivity contribution in [2.24, 2.45) is 0 Å². The van der Waals surface area contributed by atoms with Gasteiger partial charge in [0, 0.05) is 34.3 Å². The molecule has 9 heteroatoms. The lowest BCUT2D eigenvalue weighted by Crippen LogP contribution is -2.05. The van der Waals surface area contributed by atoms with Crippen LogP contribution in [0.1, 0.15) is 60.5 Å². The normalized spacial score (nSPS) is 20.3. The van der Waals surface area contributed by atoms with Gasteiger partial charge in [0.2, 0.25) is 0 Å². The van der Waals surface area contributed by atoms with Gasteiger partial charge in [-0.3, -0.25) is 9.78 Å². The minimum atomic E-state index is -0.0894. The molecule has 0 saturated heterocycles. The largest absolute Gasteiger partial charge is 0.489 e. The highest BCUT2D eigenvalue weighted by Crippen LogP contribution is 2.61. The van der Waals surface area contributed by atoms with Gasteiger partial charge >= 0.3 is 0 Å². The molecule has 0 aliphatic heterocycles. The summed E-state index contributed by atoms with van der Waals surface area (Å²) in [6, 6.07) is 13.4. The molecule has 2 aromatic heterocycles. The number of nitrogens with zero attached hydrogens (tertiary/aromatic N) is 2. The van der Waals surface area contributed by atoms with E-state index in [1.165, 1.54) is 12.4 Å². The molecule has 0 N–H and O–H groups in total. The highest BCUT2D eigenvalue weighted by Gasteiger charge is 2.52. The molecule has 0 spiro atoms. The number of aromatic nitrogens is 2. The van der Waals surface area contributed by atoms with Crippen molar-refractivity contribution in [3.63, 3.8) is 0 Å². The van der Waals surface area contributed by atoms with Crippen LogP contribution in [-0.2, 0) is 16.8 Å². The summed E-state index contributed by atoms with van der Waals surface area (Å²) in [5.74, 6) is 2.55. The molecule has 2 heterocycles. The molecule has 4 aromatic rings. The first-order valence-corrected chi connectivity index (χ1v) is 13.4. The van der Waals surface area contributed by atoms with E-state index in [0.717, 1.165) is 41.7 Å². The molecule has 2 unspecified atom stereocenters. The maximum absolute atomic E-state index is 10.7. The summed E-state index contributed by atoms with van der Waals surface area (Å²) in [5, 5.41) is 5.75. The fourth-order valence-corrected chi connectivity index (χ4v) is 5.96. The van der Waals surface area contributed by atoms with E-state index in [9.17, 15) is 4.79 Å². The highest BCUT2D eigenvalue weighted by molar-refractivity contribution is 6.38. The zero-order valence-electron chi connectivity index (χ0n) is 20.4. The van der Waals surface area contributed by atoms with Gasteiger partial charge in [0.15, 0.2) is 0 Å². The summed E-state index contributed by atoms with van der Waals surface area (Å²) in [7, 11) is 0. The van der Waals surface area contributed by atoms with Crippen molar-refractivity contribution in [2.75, 3.05) is 0 Å². The van der Waals surface area contributed by atoms with Crippen LogP contribution < -0.4 is 9.47 Å². The smallest absolute Gasteiger partial charge is 0.298 e. The van der Waals surface area contributed by atoms with Gasteiger partial charge in [-0.15, -0.1) is 0 Å². The quantitative estimate of drug-likeness (QED) is 0.189. The van der Waals surface area contributed by atoms with Crippen LogP contribution >= 0.6 is 34.8 Å². The molecule has 2 aromatic carbocycles. The van der Waals surface area contributed by atoms with Crippen molar-refractivity contribution in [2.45, 2.75) is 50.0 Å². The molecule has 0 amide bonds. The third-order valence-electron chi connectivity index (χ3n) is 7.50. The van der Waals surface area contributed by atoms with Crippen molar-refractivity contribution < 1.29 is 18.8 Å². The van der Waals surface area contributed by atoms with Gasteiger partial charge in [0.25, 0.3) is 6.47 Å². The third kappa shape index (κ3) is 4.66. The molecule has 6 nitrogen and oxygen atoms in total. The van der Waals surface area contributed by atoms with Crippen molar-refractivity contribution in [3.8, 4) is 22.8 Å². The molecular formula is C29H23Cl3N2O4. The minimum Gasteiger partial charge on any atom is -0.489 e. The number of carbonyl (C=O) groups is 1. The number of carbonyl (C=O) groups excluding carboxylic acids is 1. The van der Waals surface area contributed by atoms with Gasteiger partial charge < -0.3 is 14.0 Å². The Morgan fingerprint density at radius 2 is 1.84 bits per heavy atom. The van der Waals surface area contributed by atoms with Gasteiger partial charge in [-0.25, -0.2) is 0 Å². The van der Waals surface area contributed by atoms with Gasteiger partial charge in [-0.05, 0) is 60.6 Å². The molecule has 0 bridgehead atoms. The second-order valence-electron chi connectivity index (χ2n) is 10.0. The number of ether oxygens (including phenoxy) is 2. The molecule has 2 fully saturated rings. The van der Waals surface area contributed by atoms with Crippen LogP contribution in [0.15, 0.2) is 59.4 Å². The average Bonchev–Trinajstić information content (AvgIpc) is 3.82. The van der Waals surface area contributed by atoms with Crippen molar-refractivity contribution >= 4 is 41.3 Å². The molecule has 2 aliphatic rings. The van der Waals surface area contributed by atoms with E-state index in [1.54, 1.807) is 6.07 Å². The topological polar surface area (TPSA) is 74.5 Å². The average molecular weight is 570 g/mol. The summed E-state index contributed by atoms with van der Waals surface area (Å²) in [4.78, 5) is 14.8. The van der Waals surface area contributed by atoms with Crippen LogP contribution in [0.4, 0.5) is 0 Å². The predicted molar refractivity (Wildman–Crippen MR) is 145 cm³/mol. The number of hydrogen-bond donors (Lipinski definition) is 0. The number of hydrogen-bond acceptors (Lipinski definition) is 6. The molecule has 2 aliphatic carbocycles. The van der Waals surface area contributed by atoms with E-state index in [1.807, 2.05) is 30.3 Å². The van der Waals surface area contributed by atoms with Gasteiger partial charge in [0.05, 0.1) is 15.6 Å². The maximum atomic E-state index is 10.7.